The highest BCUT2D eigenvalue weighted by Gasteiger charge is 2.28. The normalized spacial score (nSPS) is 13.2. The van der Waals surface area contributed by atoms with Crippen LogP contribution >= 0.6 is 0 Å². The van der Waals surface area contributed by atoms with Crippen LogP contribution in [-0.2, 0) is 23.9 Å². The molecule has 0 saturated carbocycles. The van der Waals surface area contributed by atoms with Crippen LogP contribution in [0.2, 0.25) is 0 Å². The van der Waals surface area contributed by atoms with E-state index < -0.39 is 21.8 Å². The van der Waals surface area contributed by atoms with Crippen LogP contribution in [0.3, 0.4) is 0 Å². The fourth-order valence-corrected chi connectivity index (χ4v) is 3.31. The Morgan fingerprint density at radius 1 is 1.04 bits per heavy atom. The second-order valence-corrected chi connectivity index (χ2v) is 8.76. The van der Waals surface area contributed by atoms with Crippen LogP contribution in [0.15, 0.2) is 59.5 Å². The molecule has 0 aliphatic carbocycles. The summed E-state index contributed by atoms with van der Waals surface area (Å²) in [6, 6.07) is 14.7. The molecule has 0 N–H and O–H groups in total. The first-order chi connectivity index (χ1) is 12.6. The number of benzene rings is 2. The smallest absolute Gasteiger partial charge is 0.276 e. The molecule has 1 amide bonds. The van der Waals surface area contributed by atoms with Crippen molar-refractivity contribution in [1.82, 2.24) is 5.06 Å². The average molecular weight is 391 g/mol. The maximum atomic E-state index is 12.5. The lowest BCUT2D eigenvalue weighted by atomic mass is 10.1. The maximum absolute atomic E-state index is 12.5. The van der Waals surface area contributed by atoms with E-state index in [9.17, 15) is 13.2 Å². The highest BCUT2D eigenvalue weighted by molar-refractivity contribution is 7.86. The zero-order chi connectivity index (χ0) is 20.1. The van der Waals surface area contributed by atoms with E-state index in [1.807, 2.05) is 13.0 Å². The zero-order valence-corrected chi connectivity index (χ0v) is 16.8. The standard InChI is InChI=1S/C20H25NO5S/c1-16-10-12-18(13-11-16)27(23,24)25-14-19(17-8-6-5-7-9-17)21(15-22)26-20(2,3)4/h5-13,15,19H,14H2,1-4H3. The van der Waals surface area contributed by atoms with E-state index in [1.54, 1.807) is 57.2 Å². The molecule has 0 aromatic heterocycles. The van der Waals surface area contributed by atoms with Crippen LogP contribution in [0.1, 0.15) is 37.9 Å². The molecule has 0 fully saturated rings. The van der Waals surface area contributed by atoms with Crippen LogP contribution in [0.25, 0.3) is 0 Å². The molecule has 0 radical (unpaired) electrons. The van der Waals surface area contributed by atoms with Crippen molar-refractivity contribution < 1.29 is 22.2 Å². The lowest BCUT2D eigenvalue weighted by Crippen LogP contribution is -2.38. The third-order valence-corrected chi connectivity index (χ3v) is 4.96. The lowest BCUT2D eigenvalue weighted by Gasteiger charge is -2.32. The van der Waals surface area contributed by atoms with E-state index in [4.69, 9.17) is 9.02 Å². The first-order valence-electron chi connectivity index (χ1n) is 8.56. The van der Waals surface area contributed by atoms with E-state index in [2.05, 4.69) is 0 Å². The van der Waals surface area contributed by atoms with Crippen molar-refractivity contribution in [3.8, 4) is 0 Å². The summed E-state index contributed by atoms with van der Waals surface area (Å²) in [6.45, 7) is 7.00. The number of carbonyl (C=O) groups excluding carboxylic acids is 1. The first kappa shape index (κ1) is 21.1. The molecule has 0 aliphatic heterocycles. The van der Waals surface area contributed by atoms with Gasteiger partial charge in [0.15, 0.2) is 0 Å². The van der Waals surface area contributed by atoms with Gasteiger partial charge in [0.25, 0.3) is 10.1 Å². The van der Waals surface area contributed by atoms with Crippen LogP contribution in [-0.4, -0.2) is 32.1 Å². The molecule has 1 unspecified atom stereocenters. The maximum Gasteiger partial charge on any atom is 0.297 e. The minimum atomic E-state index is -3.96. The Balaban J connectivity index is 2.26. The molecule has 7 heteroatoms. The van der Waals surface area contributed by atoms with E-state index in [0.29, 0.717) is 12.0 Å². The lowest BCUT2D eigenvalue weighted by molar-refractivity contribution is -0.236. The third-order valence-electron chi connectivity index (χ3n) is 3.67. The molecule has 0 aliphatic rings. The van der Waals surface area contributed by atoms with Crippen LogP contribution in [0.5, 0.6) is 0 Å². The molecular formula is C20H25NO5S. The average Bonchev–Trinajstić information content (AvgIpc) is 2.61. The molecule has 1 atom stereocenters. The Morgan fingerprint density at radius 2 is 1.63 bits per heavy atom. The molecule has 6 nitrogen and oxygen atoms in total. The number of amides is 1. The number of hydrogen-bond acceptors (Lipinski definition) is 5. The van der Waals surface area contributed by atoms with Crippen molar-refractivity contribution in [2.75, 3.05) is 6.61 Å². The van der Waals surface area contributed by atoms with Crippen LogP contribution < -0.4 is 0 Å². The Kier molecular flexibility index (Phi) is 6.75. The van der Waals surface area contributed by atoms with Gasteiger partial charge >= 0.3 is 0 Å². The summed E-state index contributed by atoms with van der Waals surface area (Å²) in [7, 11) is -3.96. The van der Waals surface area contributed by atoms with Crippen molar-refractivity contribution in [3.63, 3.8) is 0 Å². The predicted octanol–water partition coefficient (Wildman–Crippen LogP) is 3.63. The van der Waals surface area contributed by atoms with Gasteiger partial charge in [0, 0.05) is 0 Å². The number of carbonyl (C=O) groups is 1. The van der Waals surface area contributed by atoms with Crippen molar-refractivity contribution >= 4 is 16.5 Å². The number of hydroxylamine groups is 2. The molecule has 2 aromatic carbocycles. The van der Waals surface area contributed by atoms with Crippen LogP contribution in [0, 0.1) is 6.92 Å². The van der Waals surface area contributed by atoms with E-state index in [0.717, 1.165) is 10.6 Å². The van der Waals surface area contributed by atoms with Crippen molar-refractivity contribution in [1.29, 1.82) is 0 Å². The van der Waals surface area contributed by atoms with Gasteiger partial charge < -0.3 is 0 Å². The van der Waals surface area contributed by atoms with Crippen molar-refractivity contribution in [2.24, 2.45) is 0 Å². The Morgan fingerprint density at radius 3 is 2.15 bits per heavy atom. The minimum absolute atomic E-state index is 0.0642. The number of aryl methyl sites for hydroxylation is 1. The Labute approximate surface area is 160 Å². The second kappa shape index (κ2) is 8.65. The first-order valence-corrected chi connectivity index (χ1v) is 9.97. The van der Waals surface area contributed by atoms with Gasteiger partial charge in [0.2, 0.25) is 6.41 Å². The predicted molar refractivity (Wildman–Crippen MR) is 102 cm³/mol. The topological polar surface area (TPSA) is 72.9 Å². The molecule has 0 heterocycles. The minimum Gasteiger partial charge on any atom is -0.276 e. The molecule has 146 valence electrons. The molecule has 0 saturated heterocycles. The van der Waals surface area contributed by atoms with E-state index in [1.165, 1.54) is 12.1 Å². The Bertz CT molecular complexity index is 842. The molecule has 2 rings (SSSR count). The summed E-state index contributed by atoms with van der Waals surface area (Å²) in [6.07, 6.45) is 0.533. The third kappa shape index (κ3) is 6.16. The van der Waals surface area contributed by atoms with E-state index >= 15 is 0 Å². The van der Waals surface area contributed by atoms with E-state index in [-0.39, 0.29) is 11.5 Å². The number of nitrogens with zero attached hydrogens (tertiary/aromatic N) is 1. The fraction of sp³-hybridized carbons (Fsp3) is 0.350. The van der Waals surface area contributed by atoms with Crippen molar-refractivity contribution in [3.05, 3.63) is 65.7 Å². The monoisotopic (exact) mass is 391 g/mol. The Hall–Kier alpha value is -2.22. The van der Waals surface area contributed by atoms with Gasteiger partial charge in [0.1, 0.15) is 6.04 Å². The molecular weight excluding hydrogens is 366 g/mol. The van der Waals surface area contributed by atoms with Gasteiger partial charge in [-0.3, -0.25) is 13.8 Å². The SMILES string of the molecule is Cc1ccc(S(=O)(=O)OCC(c2ccccc2)N(C=O)OC(C)(C)C)cc1. The number of hydrogen-bond donors (Lipinski definition) is 0. The molecule has 2 aromatic rings. The van der Waals surface area contributed by atoms with Gasteiger partial charge in [0.05, 0.1) is 17.1 Å². The second-order valence-electron chi connectivity index (χ2n) is 7.15. The molecule has 27 heavy (non-hydrogen) atoms. The van der Waals surface area contributed by atoms with Gasteiger partial charge in [-0.05, 0) is 45.4 Å². The summed E-state index contributed by atoms with van der Waals surface area (Å²) >= 11 is 0. The number of rotatable bonds is 8. The van der Waals surface area contributed by atoms with Gasteiger partial charge in [-0.1, -0.05) is 48.0 Å². The molecule has 0 spiro atoms. The van der Waals surface area contributed by atoms with Crippen molar-refractivity contribution in [2.45, 2.75) is 44.2 Å². The quantitative estimate of drug-likeness (QED) is 0.390. The van der Waals surface area contributed by atoms with Gasteiger partial charge in [-0.2, -0.15) is 8.42 Å². The zero-order valence-electron chi connectivity index (χ0n) is 16.0. The fourth-order valence-electron chi connectivity index (χ4n) is 2.39. The highest BCUT2D eigenvalue weighted by atomic mass is 32.2. The molecule has 0 bridgehead atoms. The summed E-state index contributed by atoms with van der Waals surface area (Å²) < 4.78 is 30.3. The largest absolute Gasteiger partial charge is 0.297 e. The summed E-state index contributed by atoms with van der Waals surface area (Å²) in [5.74, 6) is 0. The van der Waals surface area contributed by atoms with Gasteiger partial charge in [-0.25, -0.2) is 5.06 Å². The summed E-state index contributed by atoms with van der Waals surface area (Å²) in [5, 5.41) is 1.10. The van der Waals surface area contributed by atoms with Crippen LogP contribution in [0.4, 0.5) is 0 Å². The summed E-state index contributed by atoms with van der Waals surface area (Å²) in [4.78, 5) is 17.4. The summed E-state index contributed by atoms with van der Waals surface area (Å²) in [5.41, 5.74) is 1.01. The van der Waals surface area contributed by atoms with Gasteiger partial charge in [-0.15, -0.1) is 0 Å². The highest BCUT2D eigenvalue weighted by Crippen LogP contribution is 2.25.